The van der Waals surface area contributed by atoms with Crippen LogP contribution in [0.1, 0.15) is 28.5 Å². The highest BCUT2D eigenvalue weighted by molar-refractivity contribution is 5.69. The van der Waals surface area contributed by atoms with Crippen LogP contribution < -0.4 is 15.0 Å². The molecule has 2 aliphatic heterocycles. The van der Waals surface area contributed by atoms with E-state index in [2.05, 4.69) is 27.1 Å². The number of rotatable bonds is 12. The first kappa shape index (κ1) is 31.9. The number of nitrogens with one attached hydrogen (secondary N) is 1. The van der Waals surface area contributed by atoms with Crippen LogP contribution in [0.15, 0.2) is 127 Å². The molecule has 254 valence electrons. The quantitative estimate of drug-likeness (QED) is 0.171. The van der Waals surface area contributed by atoms with E-state index in [4.69, 9.17) is 28.4 Å². The topological polar surface area (TPSA) is 119 Å². The monoisotopic (exact) mass is 672 g/mol. The third-order valence-corrected chi connectivity index (χ3v) is 9.59. The van der Waals surface area contributed by atoms with Gasteiger partial charge in [-0.1, -0.05) is 84.9 Å². The van der Waals surface area contributed by atoms with Gasteiger partial charge >= 0.3 is 0 Å². The second-order valence-electron chi connectivity index (χ2n) is 12.4. The van der Waals surface area contributed by atoms with E-state index in [-0.39, 0.29) is 24.3 Å². The zero-order chi connectivity index (χ0) is 34.1. The number of hydrogen-bond donors (Lipinski definition) is 1. The lowest BCUT2D eigenvalue weighted by Gasteiger charge is -2.40. The molecule has 0 spiro atoms. The standard InChI is InChI=1S/C39H36N4O7/c1-45-30-17-13-28(14-18-30)39(27-11-7-4-8-12-27,29-15-19-31(46-2)20-16-29)49-23-38-22-48-33(34(38)47-21-26-9-5-3-6-10-26)37(50-38)43-25-42-32-35(43)40-24-41-36(32)44/h3-20,24-25,33-34,37H,21-23H2,1-2H3,(H,40,41,44)/t33-,34+,37-,38-/m1/s1. The van der Waals surface area contributed by atoms with Gasteiger partial charge in [0.15, 0.2) is 17.4 Å². The zero-order valence-electron chi connectivity index (χ0n) is 27.6. The van der Waals surface area contributed by atoms with E-state index in [1.54, 1.807) is 25.1 Å². The molecule has 1 N–H and O–H groups in total. The Balaban J connectivity index is 1.23. The van der Waals surface area contributed by atoms with Gasteiger partial charge in [-0.3, -0.25) is 9.36 Å². The van der Waals surface area contributed by atoms with Crippen LogP contribution >= 0.6 is 0 Å². The average molecular weight is 673 g/mol. The summed E-state index contributed by atoms with van der Waals surface area (Å²) in [6, 6.07) is 35.9. The summed E-state index contributed by atoms with van der Waals surface area (Å²) in [7, 11) is 3.29. The molecule has 0 unspecified atom stereocenters. The maximum Gasteiger partial charge on any atom is 0.278 e. The Bertz CT molecular complexity index is 2070. The van der Waals surface area contributed by atoms with Crippen LogP contribution in [-0.2, 0) is 31.2 Å². The molecule has 2 aromatic heterocycles. The van der Waals surface area contributed by atoms with E-state index in [1.165, 1.54) is 6.33 Å². The second kappa shape index (κ2) is 13.2. The lowest BCUT2D eigenvalue weighted by molar-refractivity contribution is -0.204. The summed E-state index contributed by atoms with van der Waals surface area (Å²) >= 11 is 0. The molecule has 50 heavy (non-hydrogen) atoms. The maximum absolute atomic E-state index is 12.5. The van der Waals surface area contributed by atoms with E-state index in [1.807, 2.05) is 97.1 Å². The Morgan fingerprint density at radius 1 is 0.840 bits per heavy atom. The summed E-state index contributed by atoms with van der Waals surface area (Å²) in [6.07, 6.45) is 1.17. The SMILES string of the molecule is COc1ccc(C(OC[C@@]23CO[C@@H]([C@H](n4cnc5c(=O)[nH]cnc54)O2)[C@@H]3OCc2ccccc2)(c2ccccc2)c2ccc(OC)cc2)cc1. The van der Waals surface area contributed by atoms with Gasteiger partial charge in [0.2, 0.25) is 0 Å². The van der Waals surface area contributed by atoms with Crippen LogP contribution in [0.2, 0.25) is 0 Å². The van der Waals surface area contributed by atoms with Crippen molar-refractivity contribution in [2.24, 2.45) is 0 Å². The first-order chi connectivity index (χ1) is 24.5. The lowest BCUT2D eigenvalue weighted by atomic mass is 9.79. The number of benzene rings is 4. The summed E-state index contributed by atoms with van der Waals surface area (Å²) in [4.78, 5) is 23.9. The van der Waals surface area contributed by atoms with E-state index in [0.717, 1.165) is 33.8 Å². The predicted molar refractivity (Wildman–Crippen MR) is 184 cm³/mol. The molecule has 4 atom stereocenters. The van der Waals surface area contributed by atoms with Crippen LogP contribution in [0.25, 0.3) is 11.2 Å². The molecule has 8 rings (SSSR count). The minimum atomic E-state index is -1.09. The number of fused-ring (bicyclic) bond motifs is 3. The minimum absolute atomic E-state index is 0.0903. The van der Waals surface area contributed by atoms with Gasteiger partial charge < -0.3 is 33.4 Å². The Kier molecular flexibility index (Phi) is 8.41. The maximum atomic E-state index is 12.5. The van der Waals surface area contributed by atoms with Crippen LogP contribution in [0, 0.1) is 0 Å². The first-order valence-electron chi connectivity index (χ1n) is 16.4. The molecule has 0 radical (unpaired) electrons. The van der Waals surface area contributed by atoms with Crippen molar-refractivity contribution in [1.29, 1.82) is 0 Å². The molecule has 4 heterocycles. The Labute approximate surface area is 288 Å². The summed E-state index contributed by atoms with van der Waals surface area (Å²) in [6.45, 7) is 0.657. The van der Waals surface area contributed by atoms with Gasteiger partial charge in [-0.05, 0) is 46.5 Å². The van der Waals surface area contributed by atoms with Crippen molar-refractivity contribution in [3.63, 3.8) is 0 Å². The van der Waals surface area contributed by atoms with Crippen LogP contribution in [0.3, 0.4) is 0 Å². The average Bonchev–Trinajstić information content (AvgIpc) is 3.86. The van der Waals surface area contributed by atoms with Gasteiger partial charge in [-0.25, -0.2) is 9.97 Å². The fourth-order valence-corrected chi connectivity index (χ4v) is 7.08. The van der Waals surface area contributed by atoms with Crippen molar-refractivity contribution >= 4 is 11.2 Å². The molecule has 11 heteroatoms. The van der Waals surface area contributed by atoms with Gasteiger partial charge in [0.05, 0.1) is 46.7 Å². The third-order valence-electron chi connectivity index (χ3n) is 9.59. The number of ether oxygens (including phenoxy) is 6. The predicted octanol–water partition coefficient (Wildman–Crippen LogP) is 5.40. The van der Waals surface area contributed by atoms with Gasteiger partial charge in [0.25, 0.3) is 5.56 Å². The van der Waals surface area contributed by atoms with Crippen LogP contribution in [-0.4, -0.2) is 64.8 Å². The smallest absolute Gasteiger partial charge is 0.278 e. The first-order valence-corrected chi connectivity index (χ1v) is 16.4. The summed E-state index contributed by atoms with van der Waals surface area (Å²) in [5.74, 6) is 1.46. The van der Waals surface area contributed by atoms with Gasteiger partial charge in [-0.15, -0.1) is 0 Å². The van der Waals surface area contributed by atoms with E-state index in [0.29, 0.717) is 12.3 Å². The van der Waals surface area contributed by atoms with Crippen molar-refractivity contribution < 1.29 is 28.4 Å². The Morgan fingerprint density at radius 2 is 1.46 bits per heavy atom. The fraction of sp³-hybridized carbons (Fsp3) is 0.256. The molecular weight excluding hydrogens is 636 g/mol. The molecule has 6 aromatic rings. The Hall–Kier alpha value is -5.33. The molecule has 2 aliphatic rings. The highest BCUT2D eigenvalue weighted by atomic mass is 16.7. The molecule has 2 bridgehead atoms. The number of aromatic nitrogens is 4. The van der Waals surface area contributed by atoms with Crippen molar-refractivity contribution in [3.8, 4) is 11.5 Å². The molecule has 2 fully saturated rings. The number of methoxy groups -OCH3 is 2. The molecule has 11 nitrogen and oxygen atoms in total. The highest BCUT2D eigenvalue weighted by Crippen LogP contribution is 2.50. The zero-order valence-corrected chi connectivity index (χ0v) is 27.6. The highest BCUT2D eigenvalue weighted by Gasteiger charge is 2.64. The molecule has 2 saturated heterocycles. The summed E-state index contributed by atoms with van der Waals surface area (Å²) < 4.78 is 40.3. The third kappa shape index (κ3) is 5.44. The number of aromatic amines is 1. The molecular formula is C39H36N4O7. The van der Waals surface area contributed by atoms with Crippen molar-refractivity contribution in [3.05, 3.63) is 154 Å². The van der Waals surface area contributed by atoms with Gasteiger partial charge in [-0.2, -0.15) is 0 Å². The molecule has 0 amide bonds. The van der Waals surface area contributed by atoms with Crippen molar-refractivity contribution in [2.75, 3.05) is 27.4 Å². The number of nitrogens with zero attached hydrogens (tertiary/aromatic N) is 3. The fourth-order valence-electron chi connectivity index (χ4n) is 7.08. The number of hydrogen-bond acceptors (Lipinski definition) is 9. The van der Waals surface area contributed by atoms with Crippen molar-refractivity contribution in [2.45, 2.75) is 36.2 Å². The normalized spacial score (nSPS) is 21.4. The summed E-state index contributed by atoms with van der Waals surface area (Å²) in [5, 5.41) is 0. The molecule has 0 saturated carbocycles. The van der Waals surface area contributed by atoms with Gasteiger partial charge in [0, 0.05) is 0 Å². The second-order valence-corrected chi connectivity index (χ2v) is 12.4. The van der Waals surface area contributed by atoms with E-state index < -0.39 is 29.6 Å². The summed E-state index contributed by atoms with van der Waals surface area (Å²) in [5.41, 5.74) is 1.86. The lowest BCUT2D eigenvalue weighted by Crippen LogP contribution is -2.49. The minimum Gasteiger partial charge on any atom is -0.497 e. The van der Waals surface area contributed by atoms with Crippen LogP contribution in [0.4, 0.5) is 0 Å². The van der Waals surface area contributed by atoms with Crippen LogP contribution in [0.5, 0.6) is 11.5 Å². The number of H-pyrrole nitrogens is 1. The largest absolute Gasteiger partial charge is 0.497 e. The number of imidazole rings is 1. The molecule has 0 aliphatic carbocycles. The molecule has 4 aromatic carbocycles. The van der Waals surface area contributed by atoms with E-state index >= 15 is 0 Å². The van der Waals surface area contributed by atoms with E-state index in [9.17, 15) is 4.79 Å². The van der Waals surface area contributed by atoms with Crippen molar-refractivity contribution in [1.82, 2.24) is 19.5 Å². The Morgan fingerprint density at radius 3 is 2.10 bits per heavy atom. The van der Waals surface area contributed by atoms with Gasteiger partial charge in [0.1, 0.15) is 34.9 Å².